The third kappa shape index (κ3) is 6.16. The van der Waals surface area contributed by atoms with E-state index in [1.807, 2.05) is 30.5 Å². The predicted molar refractivity (Wildman–Crippen MR) is 122 cm³/mol. The van der Waals surface area contributed by atoms with Gasteiger partial charge in [-0.05, 0) is 66.8 Å². The Hall–Kier alpha value is -2.20. The summed E-state index contributed by atoms with van der Waals surface area (Å²) >= 11 is 1.65. The monoisotopic (exact) mass is 394 g/mol. The van der Waals surface area contributed by atoms with Crippen molar-refractivity contribution in [3.05, 3.63) is 53.6 Å². The molecule has 0 fully saturated rings. The summed E-state index contributed by atoms with van der Waals surface area (Å²) in [6, 6.07) is 14.7. The van der Waals surface area contributed by atoms with Gasteiger partial charge in [0.25, 0.3) is 0 Å². The van der Waals surface area contributed by atoms with Crippen molar-refractivity contribution in [1.29, 1.82) is 0 Å². The average molecular weight is 395 g/mol. The highest BCUT2D eigenvalue weighted by atomic mass is 32.1. The van der Waals surface area contributed by atoms with Crippen LogP contribution in [0.2, 0.25) is 0 Å². The van der Waals surface area contributed by atoms with Crippen LogP contribution >= 0.6 is 11.3 Å². The van der Waals surface area contributed by atoms with Gasteiger partial charge in [-0.25, -0.2) is 9.98 Å². The molecule has 0 N–H and O–H groups in total. The van der Waals surface area contributed by atoms with Crippen molar-refractivity contribution in [3.8, 4) is 5.75 Å². The van der Waals surface area contributed by atoms with Gasteiger partial charge >= 0.3 is 0 Å². The van der Waals surface area contributed by atoms with E-state index in [2.05, 4.69) is 42.0 Å². The molecule has 0 aliphatic carbocycles. The lowest BCUT2D eigenvalue weighted by atomic mass is 10.1. The van der Waals surface area contributed by atoms with Gasteiger partial charge in [0.05, 0.1) is 16.8 Å². The number of hydrogen-bond donors (Lipinski definition) is 0. The number of rotatable bonds is 11. The molecule has 3 aromatic rings. The minimum atomic E-state index is 0.791. The van der Waals surface area contributed by atoms with Crippen LogP contribution in [0.4, 0.5) is 5.13 Å². The molecule has 4 heteroatoms. The van der Waals surface area contributed by atoms with Gasteiger partial charge in [0, 0.05) is 6.21 Å². The minimum Gasteiger partial charge on any atom is -0.494 e. The molecule has 2 aromatic carbocycles. The first kappa shape index (κ1) is 20.5. The van der Waals surface area contributed by atoms with Crippen molar-refractivity contribution >= 4 is 32.9 Å². The van der Waals surface area contributed by atoms with Crippen LogP contribution in [-0.4, -0.2) is 17.8 Å². The third-order valence-corrected chi connectivity index (χ3v) is 5.66. The first-order chi connectivity index (χ1) is 13.8. The molecule has 0 radical (unpaired) electrons. The van der Waals surface area contributed by atoms with Crippen LogP contribution in [0.3, 0.4) is 0 Å². The van der Waals surface area contributed by atoms with Crippen LogP contribution in [0.1, 0.15) is 63.5 Å². The second-order valence-electron chi connectivity index (χ2n) is 7.14. The van der Waals surface area contributed by atoms with E-state index in [9.17, 15) is 0 Å². The molecule has 0 saturated carbocycles. The van der Waals surface area contributed by atoms with Crippen LogP contribution in [0.25, 0.3) is 10.2 Å². The van der Waals surface area contributed by atoms with E-state index in [-0.39, 0.29) is 0 Å². The van der Waals surface area contributed by atoms with Crippen molar-refractivity contribution in [2.45, 2.75) is 58.8 Å². The Bertz CT molecular complexity index is 883. The van der Waals surface area contributed by atoms with Crippen LogP contribution in [0.5, 0.6) is 5.75 Å². The van der Waals surface area contributed by atoms with Gasteiger partial charge in [0.1, 0.15) is 5.75 Å². The summed E-state index contributed by atoms with van der Waals surface area (Å²) < 4.78 is 7.01. The lowest BCUT2D eigenvalue weighted by molar-refractivity contribution is 0.305. The molecule has 1 heterocycles. The molecule has 0 aliphatic rings. The number of unbranched alkanes of at least 4 members (excludes halogenated alkanes) is 4. The van der Waals surface area contributed by atoms with E-state index < -0.39 is 0 Å². The molecule has 0 unspecified atom stereocenters. The first-order valence-corrected chi connectivity index (χ1v) is 11.3. The third-order valence-electron chi connectivity index (χ3n) is 4.73. The summed E-state index contributed by atoms with van der Waals surface area (Å²) in [5, 5.41) is 0.805. The molecule has 3 nitrogen and oxygen atoms in total. The molecule has 0 atom stereocenters. The Balaban J connectivity index is 1.57. The standard InChI is InChI=1S/C24H30N2OS/c1-3-5-7-8-16-27-21-13-10-20(11-14-21)18-25-24-26-22-15-12-19(9-6-4-2)17-23(22)28-24/h10-15,17-18H,3-9,16H2,1-2H3. The van der Waals surface area contributed by atoms with Gasteiger partial charge in [0.2, 0.25) is 5.13 Å². The maximum atomic E-state index is 5.79. The molecular formula is C24H30N2OS. The number of aromatic nitrogens is 1. The SMILES string of the molecule is CCCCCCOc1ccc(C=Nc2nc3ccc(CCCC)cc3s2)cc1. The second-order valence-corrected chi connectivity index (χ2v) is 8.15. The number of benzene rings is 2. The van der Waals surface area contributed by atoms with E-state index in [0.717, 1.165) is 41.4 Å². The molecule has 0 saturated heterocycles. The van der Waals surface area contributed by atoms with E-state index in [1.165, 1.54) is 42.4 Å². The normalized spacial score (nSPS) is 11.5. The van der Waals surface area contributed by atoms with Gasteiger partial charge in [-0.2, -0.15) is 0 Å². The minimum absolute atomic E-state index is 0.791. The van der Waals surface area contributed by atoms with Gasteiger partial charge in [0.15, 0.2) is 0 Å². The van der Waals surface area contributed by atoms with Crippen molar-refractivity contribution in [1.82, 2.24) is 4.98 Å². The molecule has 28 heavy (non-hydrogen) atoms. The fraction of sp³-hybridized carbons (Fsp3) is 0.417. The number of ether oxygens (including phenoxy) is 1. The maximum absolute atomic E-state index is 5.79. The van der Waals surface area contributed by atoms with Crippen LogP contribution < -0.4 is 4.74 Å². The summed E-state index contributed by atoms with van der Waals surface area (Å²) in [5.74, 6) is 0.924. The molecule has 0 amide bonds. The number of fused-ring (bicyclic) bond motifs is 1. The topological polar surface area (TPSA) is 34.5 Å². The summed E-state index contributed by atoms with van der Waals surface area (Å²) in [7, 11) is 0. The fourth-order valence-electron chi connectivity index (χ4n) is 3.05. The Labute approximate surface area is 172 Å². The highest BCUT2D eigenvalue weighted by Gasteiger charge is 2.04. The van der Waals surface area contributed by atoms with Crippen molar-refractivity contribution in [2.75, 3.05) is 6.61 Å². The molecule has 0 spiro atoms. The van der Waals surface area contributed by atoms with Gasteiger partial charge < -0.3 is 4.74 Å². The lowest BCUT2D eigenvalue weighted by Gasteiger charge is -2.05. The largest absolute Gasteiger partial charge is 0.494 e. The Morgan fingerprint density at radius 1 is 0.964 bits per heavy atom. The zero-order valence-electron chi connectivity index (χ0n) is 17.0. The molecule has 3 rings (SSSR count). The maximum Gasteiger partial charge on any atom is 0.210 e. The van der Waals surface area contributed by atoms with Crippen molar-refractivity contribution in [3.63, 3.8) is 0 Å². The van der Waals surface area contributed by atoms with Gasteiger partial charge in [-0.3, -0.25) is 0 Å². The summed E-state index contributed by atoms with van der Waals surface area (Å²) in [6.07, 6.45) is 10.4. The van der Waals surface area contributed by atoms with E-state index in [1.54, 1.807) is 11.3 Å². The molecule has 0 bridgehead atoms. The second kappa shape index (κ2) is 11.0. The predicted octanol–water partition coefficient (Wildman–Crippen LogP) is 7.35. The number of nitrogens with zero attached hydrogens (tertiary/aromatic N) is 2. The fourth-order valence-corrected chi connectivity index (χ4v) is 3.92. The quantitative estimate of drug-likeness (QED) is 0.252. The Morgan fingerprint density at radius 2 is 1.79 bits per heavy atom. The number of aryl methyl sites for hydroxylation is 1. The number of aliphatic imine (C=N–C) groups is 1. The highest BCUT2D eigenvalue weighted by Crippen LogP contribution is 2.29. The van der Waals surface area contributed by atoms with Crippen LogP contribution in [0.15, 0.2) is 47.5 Å². The number of thiazole rings is 1. The summed E-state index contributed by atoms with van der Waals surface area (Å²) in [6.45, 7) is 5.24. The highest BCUT2D eigenvalue weighted by molar-refractivity contribution is 7.22. The lowest BCUT2D eigenvalue weighted by Crippen LogP contribution is -1.97. The van der Waals surface area contributed by atoms with Crippen molar-refractivity contribution < 1.29 is 4.74 Å². The van der Waals surface area contributed by atoms with Gasteiger partial charge in [-0.15, -0.1) is 0 Å². The smallest absolute Gasteiger partial charge is 0.210 e. The van der Waals surface area contributed by atoms with E-state index in [0.29, 0.717) is 0 Å². The molecule has 0 aliphatic heterocycles. The first-order valence-electron chi connectivity index (χ1n) is 10.4. The molecular weight excluding hydrogens is 364 g/mol. The zero-order valence-corrected chi connectivity index (χ0v) is 17.8. The number of hydrogen-bond acceptors (Lipinski definition) is 4. The van der Waals surface area contributed by atoms with E-state index in [4.69, 9.17) is 4.74 Å². The summed E-state index contributed by atoms with van der Waals surface area (Å²) in [5.41, 5.74) is 3.48. The Morgan fingerprint density at radius 3 is 2.57 bits per heavy atom. The molecule has 148 valence electrons. The van der Waals surface area contributed by atoms with E-state index >= 15 is 0 Å². The zero-order chi connectivity index (χ0) is 19.6. The Kier molecular flexibility index (Phi) is 8.04. The van der Waals surface area contributed by atoms with Crippen LogP contribution in [0, 0.1) is 0 Å². The van der Waals surface area contributed by atoms with Crippen LogP contribution in [-0.2, 0) is 6.42 Å². The van der Waals surface area contributed by atoms with Gasteiger partial charge in [-0.1, -0.05) is 56.9 Å². The molecule has 1 aromatic heterocycles. The van der Waals surface area contributed by atoms with Crippen molar-refractivity contribution in [2.24, 2.45) is 4.99 Å². The average Bonchev–Trinajstić information content (AvgIpc) is 3.13. The summed E-state index contributed by atoms with van der Waals surface area (Å²) in [4.78, 5) is 9.20.